The molecule has 28 heavy (non-hydrogen) atoms. The van der Waals surface area contributed by atoms with Crippen molar-refractivity contribution in [3.05, 3.63) is 47.8 Å². The van der Waals surface area contributed by atoms with E-state index in [9.17, 15) is 19.5 Å². The maximum absolute atomic E-state index is 12.7. The van der Waals surface area contributed by atoms with Crippen LogP contribution < -0.4 is 11.1 Å². The van der Waals surface area contributed by atoms with Gasteiger partial charge in [-0.1, -0.05) is 23.9 Å². The summed E-state index contributed by atoms with van der Waals surface area (Å²) in [5, 5.41) is 15.1. The molecule has 1 aromatic rings. The van der Waals surface area contributed by atoms with Crippen LogP contribution in [-0.2, 0) is 19.2 Å². The Labute approximate surface area is 164 Å². The number of allylic oxidation sites excluding steroid dienone is 1. The fourth-order valence-corrected chi connectivity index (χ4v) is 4.23. The van der Waals surface area contributed by atoms with Crippen LogP contribution in [0, 0.1) is 0 Å². The highest BCUT2D eigenvalue weighted by atomic mass is 32.2. The number of nitrogen functional groups attached to an aromatic ring is 1. The van der Waals surface area contributed by atoms with Crippen LogP contribution in [0.4, 0.5) is 5.82 Å². The normalized spacial score (nSPS) is 21.5. The van der Waals surface area contributed by atoms with Crippen LogP contribution in [0.5, 0.6) is 0 Å². The fraction of sp³-hybridized carbons (Fsp3) is 0.235. The molecule has 0 bridgehead atoms. The molecular formula is C17H17N5O5S. The summed E-state index contributed by atoms with van der Waals surface area (Å²) < 4.78 is 0. The highest BCUT2D eigenvalue weighted by Crippen LogP contribution is 2.40. The SMILES string of the molecule is C=CC1=C(C(=O)O)N2C(=O)C(NC(=O)C(=NOC)c3cccc(N)n3)[C@H]2SC1. The monoisotopic (exact) mass is 403 g/mol. The lowest BCUT2D eigenvalue weighted by atomic mass is 10.0. The standard InChI is InChI=1S/C17H17N5O5S/c1-3-8-7-28-16-12(15(24)22(16)13(8)17(25)26)20-14(23)11(21-27-2)9-5-4-6-10(18)19-9/h3-6,12,16H,1,7H2,2H3,(H2,18,19)(H,20,23)(H,25,26)/t12?,16-/m1/s1. The molecule has 2 aliphatic rings. The molecule has 2 atom stereocenters. The molecule has 0 radical (unpaired) electrons. The first-order valence-corrected chi connectivity index (χ1v) is 9.12. The van der Waals surface area contributed by atoms with Gasteiger partial charge in [-0.3, -0.25) is 14.5 Å². The molecular weight excluding hydrogens is 386 g/mol. The summed E-state index contributed by atoms with van der Waals surface area (Å²) >= 11 is 1.34. The number of nitrogens with one attached hydrogen (secondary N) is 1. The zero-order chi connectivity index (χ0) is 20.4. The Morgan fingerprint density at radius 3 is 2.89 bits per heavy atom. The number of oxime groups is 1. The summed E-state index contributed by atoms with van der Waals surface area (Å²) in [5.74, 6) is -1.88. The summed E-state index contributed by atoms with van der Waals surface area (Å²) in [6, 6.07) is 3.78. The van der Waals surface area contributed by atoms with Crippen molar-refractivity contribution in [1.82, 2.24) is 15.2 Å². The van der Waals surface area contributed by atoms with E-state index >= 15 is 0 Å². The van der Waals surface area contributed by atoms with Crippen LogP contribution in [0.1, 0.15) is 5.69 Å². The van der Waals surface area contributed by atoms with Gasteiger partial charge in [0, 0.05) is 5.75 Å². The van der Waals surface area contributed by atoms with Gasteiger partial charge in [-0.15, -0.1) is 11.8 Å². The van der Waals surface area contributed by atoms with Crippen molar-refractivity contribution >= 4 is 41.1 Å². The van der Waals surface area contributed by atoms with E-state index in [1.54, 1.807) is 12.1 Å². The van der Waals surface area contributed by atoms with Crippen molar-refractivity contribution in [2.75, 3.05) is 18.6 Å². The second kappa shape index (κ2) is 7.72. The average Bonchev–Trinajstić information content (AvgIpc) is 2.68. The first-order chi connectivity index (χ1) is 13.4. The number of β-lactam (4-membered cyclic amide) rings is 1. The molecule has 1 fully saturated rings. The van der Waals surface area contributed by atoms with Crippen LogP contribution in [0.2, 0.25) is 0 Å². The molecule has 1 unspecified atom stereocenters. The van der Waals surface area contributed by atoms with Crippen molar-refractivity contribution in [1.29, 1.82) is 0 Å². The molecule has 3 heterocycles. The number of fused-ring (bicyclic) bond motifs is 1. The van der Waals surface area contributed by atoms with Crippen molar-refractivity contribution in [3.8, 4) is 0 Å². The molecule has 11 heteroatoms. The van der Waals surface area contributed by atoms with Crippen LogP contribution >= 0.6 is 11.8 Å². The maximum Gasteiger partial charge on any atom is 0.352 e. The van der Waals surface area contributed by atoms with Gasteiger partial charge in [0.05, 0.1) is 0 Å². The summed E-state index contributed by atoms with van der Waals surface area (Å²) in [7, 11) is 1.27. The van der Waals surface area contributed by atoms with Gasteiger partial charge in [0.15, 0.2) is 5.71 Å². The van der Waals surface area contributed by atoms with Crippen molar-refractivity contribution in [2.45, 2.75) is 11.4 Å². The molecule has 1 saturated heterocycles. The van der Waals surface area contributed by atoms with Crippen molar-refractivity contribution < 1.29 is 24.3 Å². The van der Waals surface area contributed by atoms with E-state index in [0.29, 0.717) is 11.3 Å². The third kappa shape index (κ3) is 3.31. The van der Waals surface area contributed by atoms with Gasteiger partial charge in [0.1, 0.15) is 35.7 Å². The number of aromatic nitrogens is 1. The number of hydrogen-bond donors (Lipinski definition) is 3. The predicted molar refractivity (Wildman–Crippen MR) is 102 cm³/mol. The zero-order valence-electron chi connectivity index (χ0n) is 14.8. The van der Waals surface area contributed by atoms with E-state index in [1.807, 2.05) is 0 Å². The molecule has 146 valence electrons. The minimum Gasteiger partial charge on any atom is -0.477 e. The van der Waals surface area contributed by atoms with Gasteiger partial charge < -0.3 is 21.0 Å². The van der Waals surface area contributed by atoms with Crippen molar-refractivity contribution in [3.63, 3.8) is 0 Å². The molecule has 0 aliphatic carbocycles. The number of hydrogen-bond acceptors (Lipinski definition) is 8. The number of carboxylic acid groups (broad SMARTS) is 1. The topological polar surface area (TPSA) is 147 Å². The Balaban J connectivity index is 1.81. The number of amides is 2. The minimum absolute atomic E-state index is 0.113. The van der Waals surface area contributed by atoms with Crippen LogP contribution in [-0.4, -0.2) is 62.8 Å². The molecule has 0 saturated carbocycles. The van der Waals surface area contributed by atoms with E-state index in [-0.39, 0.29) is 22.9 Å². The molecule has 2 aliphatic heterocycles. The Kier molecular flexibility index (Phi) is 5.36. The van der Waals surface area contributed by atoms with Gasteiger partial charge in [-0.25, -0.2) is 9.78 Å². The zero-order valence-corrected chi connectivity index (χ0v) is 15.6. The third-order valence-electron chi connectivity index (χ3n) is 4.14. The van der Waals surface area contributed by atoms with Crippen LogP contribution in [0.25, 0.3) is 0 Å². The smallest absolute Gasteiger partial charge is 0.352 e. The number of carboxylic acids is 1. The minimum atomic E-state index is -1.22. The number of pyridine rings is 1. The number of carbonyl (C=O) groups excluding carboxylic acids is 2. The molecule has 0 aromatic carbocycles. The molecule has 2 amide bonds. The van der Waals surface area contributed by atoms with Crippen molar-refractivity contribution in [2.24, 2.45) is 5.16 Å². The van der Waals surface area contributed by atoms with E-state index in [2.05, 4.69) is 22.0 Å². The van der Waals surface area contributed by atoms with Gasteiger partial charge in [0.2, 0.25) is 0 Å². The van der Waals surface area contributed by atoms with E-state index in [1.165, 1.54) is 31.0 Å². The second-order valence-corrected chi connectivity index (χ2v) is 6.92. The Bertz CT molecular complexity index is 928. The van der Waals surface area contributed by atoms with E-state index < -0.39 is 29.2 Å². The van der Waals surface area contributed by atoms with Gasteiger partial charge in [-0.2, -0.15) is 0 Å². The number of nitrogens with zero attached hydrogens (tertiary/aromatic N) is 3. The lowest BCUT2D eigenvalue weighted by molar-refractivity contribution is -0.150. The quantitative estimate of drug-likeness (QED) is 0.340. The predicted octanol–water partition coefficient (Wildman–Crippen LogP) is -0.0611. The first-order valence-electron chi connectivity index (χ1n) is 8.07. The van der Waals surface area contributed by atoms with E-state index in [0.717, 1.165) is 4.90 Å². The third-order valence-corrected chi connectivity index (χ3v) is 5.45. The van der Waals surface area contributed by atoms with E-state index in [4.69, 9.17) is 10.6 Å². The first kappa shape index (κ1) is 19.4. The summed E-state index contributed by atoms with van der Waals surface area (Å²) in [4.78, 5) is 46.7. The number of anilines is 1. The number of nitrogens with two attached hydrogens (primary N) is 1. The number of aliphatic carboxylic acids is 1. The van der Waals surface area contributed by atoms with Gasteiger partial charge >= 0.3 is 5.97 Å². The Morgan fingerprint density at radius 2 is 2.29 bits per heavy atom. The number of thioether (sulfide) groups is 1. The second-order valence-electron chi connectivity index (χ2n) is 5.81. The van der Waals surface area contributed by atoms with Gasteiger partial charge in [0.25, 0.3) is 11.8 Å². The summed E-state index contributed by atoms with van der Waals surface area (Å²) in [6.07, 6.45) is 1.42. The molecule has 1 aromatic heterocycles. The largest absolute Gasteiger partial charge is 0.477 e. The number of carbonyl (C=O) groups is 3. The van der Waals surface area contributed by atoms with Crippen LogP contribution in [0.3, 0.4) is 0 Å². The maximum atomic E-state index is 12.7. The molecule has 0 spiro atoms. The lowest BCUT2D eigenvalue weighted by Crippen LogP contribution is -2.71. The highest BCUT2D eigenvalue weighted by molar-refractivity contribution is 8.00. The summed E-state index contributed by atoms with van der Waals surface area (Å²) in [6.45, 7) is 3.59. The Morgan fingerprint density at radius 1 is 1.54 bits per heavy atom. The fourth-order valence-electron chi connectivity index (χ4n) is 2.89. The average molecular weight is 403 g/mol. The van der Waals surface area contributed by atoms with Gasteiger partial charge in [-0.05, 0) is 17.7 Å². The summed E-state index contributed by atoms with van der Waals surface area (Å²) in [5.41, 5.74) is 6.01. The lowest BCUT2D eigenvalue weighted by Gasteiger charge is -2.49. The number of rotatable bonds is 6. The molecule has 4 N–H and O–H groups in total. The molecule has 3 rings (SSSR count). The molecule has 10 nitrogen and oxygen atoms in total. The Hall–Kier alpha value is -3.34. The van der Waals surface area contributed by atoms with Crippen LogP contribution in [0.15, 0.2) is 47.3 Å². The highest BCUT2D eigenvalue weighted by Gasteiger charge is 2.54.